The van der Waals surface area contributed by atoms with Crippen LogP contribution in [0.4, 0.5) is 5.82 Å². The Labute approximate surface area is 126 Å². The van der Waals surface area contributed by atoms with Gasteiger partial charge in [0.2, 0.25) is 0 Å². The maximum atomic E-state index is 4.71. The van der Waals surface area contributed by atoms with Crippen LogP contribution in [0.3, 0.4) is 0 Å². The molecule has 2 heterocycles. The highest BCUT2D eigenvalue weighted by atomic mass is 15.1. The van der Waals surface area contributed by atoms with Crippen LogP contribution in [-0.4, -0.2) is 26.1 Å². The van der Waals surface area contributed by atoms with E-state index in [4.69, 9.17) is 4.98 Å². The molecule has 2 rings (SSSR count). The van der Waals surface area contributed by atoms with E-state index in [1.54, 1.807) is 0 Å². The number of nitrogens with zero attached hydrogens (tertiary/aromatic N) is 4. The molecule has 0 saturated carbocycles. The van der Waals surface area contributed by atoms with Gasteiger partial charge < -0.3 is 9.88 Å². The van der Waals surface area contributed by atoms with Crippen molar-refractivity contribution >= 4 is 5.82 Å². The quantitative estimate of drug-likeness (QED) is 0.850. The monoisotopic (exact) mass is 287 g/mol. The highest BCUT2D eigenvalue weighted by Crippen LogP contribution is 2.18. The molecule has 0 aliphatic rings. The van der Waals surface area contributed by atoms with Gasteiger partial charge in [-0.3, -0.25) is 0 Å². The second-order valence-electron chi connectivity index (χ2n) is 5.16. The molecule has 0 unspecified atom stereocenters. The Morgan fingerprint density at radius 1 is 1.19 bits per heavy atom. The van der Waals surface area contributed by atoms with Crippen LogP contribution >= 0.6 is 0 Å². The molecule has 0 aliphatic carbocycles. The largest absolute Gasteiger partial charge is 0.370 e. The van der Waals surface area contributed by atoms with Gasteiger partial charge in [0.1, 0.15) is 17.5 Å². The van der Waals surface area contributed by atoms with Crippen molar-refractivity contribution in [1.29, 1.82) is 0 Å². The smallest absolute Gasteiger partial charge is 0.132 e. The molecular formula is C16H25N5. The molecule has 21 heavy (non-hydrogen) atoms. The van der Waals surface area contributed by atoms with Gasteiger partial charge in [0.15, 0.2) is 0 Å². The number of hydrogen-bond acceptors (Lipinski definition) is 4. The molecule has 5 heteroatoms. The molecule has 0 amide bonds. The lowest BCUT2D eigenvalue weighted by Crippen LogP contribution is -2.11. The van der Waals surface area contributed by atoms with Crippen LogP contribution in [0.2, 0.25) is 0 Å². The standard InChI is InChI=1S/C16H25N5/c1-5-9-21-10-8-18-15(21)11-13-12(4)16(17-7-3)20-14(6-2)19-13/h8,10H,5-7,9,11H2,1-4H3,(H,17,19,20). The molecule has 0 spiro atoms. The average molecular weight is 287 g/mol. The van der Waals surface area contributed by atoms with Crippen LogP contribution in [0.5, 0.6) is 0 Å². The summed E-state index contributed by atoms with van der Waals surface area (Å²) < 4.78 is 2.21. The minimum absolute atomic E-state index is 0.757. The van der Waals surface area contributed by atoms with E-state index in [1.165, 1.54) is 0 Å². The fraction of sp³-hybridized carbons (Fsp3) is 0.562. The Bertz CT molecular complexity index is 588. The van der Waals surface area contributed by atoms with E-state index >= 15 is 0 Å². The van der Waals surface area contributed by atoms with Gasteiger partial charge >= 0.3 is 0 Å². The molecule has 0 atom stereocenters. The lowest BCUT2D eigenvalue weighted by Gasteiger charge is -2.13. The lowest BCUT2D eigenvalue weighted by atomic mass is 10.1. The minimum atomic E-state index is 0.757. The number of aromatic nitrogens is 4. The Balaban J connectivity index is 2.33. The molecular weight excluding hydrogens is 262 g/mol. The molecule has 1 N–H and O–H groups in total. The number of imidazole rings is 1. The summed E-state index contributed by atoms with van der Waals surface area (Å²) in [6.07, 6.45) is 6.62. The first-order valence-electron chi connectivity index (χ1n) is 7.79. The minimum Gasteiger partial charge on any atom is -0.370 e. The highest BCUT2D eigenvalue weighted by Gasteiger charge is 2.12. The first-order valence-corrected chi connectivity index (χ1v) is 7.79. The third-order valence-electron chi connectivity index (χ3n) is 3.55. The van der Waals surface area contributed by atoms with Crippen molar-refractivity contribution in [2.24, 2.45) is 0 Å². The molecule has 2 aromatic heterocycles. The van der Waals surface area contributed by atoms with Gasteiger partial charge in [0, 0.05) is 43.9 Å². The van der Waals surface area contributed by atoms with Gasteiger partial charge in [0.25, 0.3) is 0 Å². The maximum Gasteiger partial charge on any atom is 0.132 e. The molecule has 0 radical (unpaired) electrons. The summed E-state index contributed by atoms with van der Waals surface area (Å²) in [6, 6.07) is 0. The van der Waals surface area contributed by atoms with E-state index in [9.17, 15) is 0 Å². The van der Waals surface area contributed by atoms with Crippen LogP contribution in [0.1, 0.15) is 50.1 Å². The Kier molecular flexibility index (Phi) is 5.31. The Hall–Kier alpha value is -1.91. The van der Waals surface area contributed by atoms with Crippen LogP contribution in [0, 0.1) is 6.92 Å². The van der Waals surface area contributed by atoms with Gasteiger partial charge in [-0.1, -0.05) is 13.8 Å². The highest BCUT2D eigenvalue weighted by molar-refractivity contribution is 5.46. The SMILES string of the molecule is CCCn1ccnc1Cc1nc(CC)nc(NCC)c1C. The van der Waals surface area contributed by atoms with Crippen molar-refractivity contribution in [3.05, 3.63) is 35.3 Å². The fourth-order valence-electron chi connectivity index (χ4n) is 2.39. The van der Waals surface area contributed by atoms with Crippen LogP contribution < -0.4 is 5.32 Å². The molecule has 0 bridgehead atoms. The normalized spacial score (nSPS) is 10.9. The summed E-state index contributed by atoms with van der Waals surface area (Å²) in [7, 11) is 0. The van der Waals surface area contributed by atoms with Crippen molar-refractivity contribution in [2.75, 3.05) is 11.9 Å². The van der Waals surface area contributed by atoms with E-state index in [2.05, 4.69) is 47.5 Å². The molecule has 0 fully saturated rings. The van der Waals surface area contributed by atoms with Gasteiger partial charge in [-0.25, -0.2) is 15.0 Å². The average Bonchev–Trinajstić information content (AvgIpc) is 2.91. The number of hydrogen-bond donors (Lipinski definition) is 1. The zero-order chi connectivity index (χ0) is 15.2. The molecule has 2 aromatic rings. The van der Waals surface area contributed by atoms with Crippen molar-refractivity contribution in [2.45, 2.75) is 53.5 Å². The van der Waals surface area contributed by atoms with Gasteiger partial charge in [-0.15, -0.1) is 0 Å². The van der Waals surface area contributed by atoms with E-state index in [0.29, 0.717) is 0 Å². The predicted octanol–water partition coefficient (Wildman–Crippen LogP) is 2.98. The van der Waals surface area contributed by atoms with E-state index in [0.717, 1.165) is 61.1 Å². The van der Waals surface area contributed by atoms with E-state index in [1.807, 2.05) is 12.4 Å². The second kappa shape index (κ2) is 7.20. The predicted molar refractivity (Wildman–Crippen MR) is 85.6 cm³/mol. The van der Waals surface area contributed by atoms with Crippen LogP contribution in [-0.2, 0) is 19.4 Å². The van der Waals surface area contributed by atoms with Crippen LogP contribution in [0.15, 0.2) is 12.4 Å². The van der Waals surface area contributed by atoms with E-state index < -0.39 is 0 Å². The Morgan fingerprint density at radius 3 is 2.67 bits per heavy atom. The van der Waals surface area contributed by atoms with Gasteiger partial charge in [-0.05, 0) is 20.3 Å². The summed E-state index contributed by atoms with van der Waals surface area (Å²) in [5, 5.41) is 3.33. The Morgan fingerprint density at radius 2 is 2.00 bits per heavy atom. The topological polar surface area (TPSA) is 55.6 Å². The summed E-state index contributed by atoms with van der Waals surface area (Å²) in [4.78, 5) is 13.8. The first kappa shape index (κ1) is 15.5. The zero-order valence-electron chi connectivity index (χ0n) is 13.5. The van der Waals surface area contributed by atoms with Crippen LogP contribution in [0.25, 0.3) is 0 Å². The number of anilines is 1. The second-order valence-corrected chi connectivity index (χ2v) is 5.16. The third kappa shape index (κ3) is 3.60. The third-order valence-corrected chi connectivity index (χ3v) is 3.55. The lowest BCUT2D eigenvalue weighted by molar-refractivity contribution is 0.643. The van der Waals surface area contributed by atoms with E-state index in [-0.39, 0.29) is 0 Å². The molecule has 0 aromatic carbocycles. The maximum absolute atomic E-state index is 4.71. The van der Waals surface area contributed by atoms with Crippen molar-refractivity contribution in [3.8, 4) is 0 Å². The van der Waals surface area contributed by atoms with Gasteiger partial charge in [-0.2, -0.15) is 0 Å². The summed E-state index contributed by atoms with van der Waals surface area (Å²) in [5.41, 5.74) is 2.20. The molecule has 0 saturated heterocycles. The molecule has 0 aliphatic heterocycles. The fourth-order valence-corrected chi connectivity index (χ4v) is 2.39. The summed E-state index contributed by atoms with van der Waals surface area (Å²) in [6.45, 7) is 10.3. The summed E-state index contributed by atoms with van der Waals surface area (Å²) in [5.74, 6) is 2.91. The molecule has 5 nitrogen and oxygen atoms in total. The van der Waals surface area contributed by atoms with Crippen molar-refractivity contribution < 1.29 is 0 Å². The number of nitrogens with one attached hydrogen (secondary N) is 1. The van der Waals surface area contributed by atoms with Crippen molar-refractivity contribution in [1.82, 2.24) is 19.5 Å². The van der Waals surface area contributed by atoms with Gasteiger partial charge in [0.05, 0.1) is 5.69 Å². The number of aryl methyl sites for hydroxylation is 2. The zero-order valence-corrected chi connectivity index (χ0v) is 13.5. The summed E-state index contributed by atoms with van der Waals surface area (Å²) >= 11 is 0. The van der Waals surface area contributed by atoms with Crippen molar-refractivity contribution in [3.63, 3.8) is 0 Å². The number of rotatable bonds is 7. The molecule has 114 valence electrons. The first-order chi connectivity index (χ1) is 10.2.